The van der Waals surface area contributed by atoms with E-state index in [1.54, 1.807) is 11.1 Å². The SMILES string of the molecule is CC12CC3CC(C)(C1)CC(PC(PC14CC5CC(C)(CC(C)(C5)C1)C4)c1ccccc1CP(c1ccc[nH]1)c1ccc[nH]1)(C3)C2. The lowest BCUT2D eigenvalue weighted by atomic mass is 9.45. The molecule has 240 valence electrons. The van der Waals surface area contributed by atoms with E-state index in [9.17, 15) is 0 Å². The van der Waals surface area contributed by atoms with Crippen LogP contribution in [-0.2, 0) is 6.16 Å². The van der Waals surface area contributed by atoms with Crippen molar-refractivity contribution in [3.8, 4) is 0 Å². The Hall–Kier alpha value is -0.930. The molecule has 8 aliphatic carbocycles. The number of H-pyrrole nitrogens is 2. The fourth-order valence-electron chi connectivity index (χ4n) is 14.4. The zero-order valence-corrected chi connectivity index (χ0v) is 31.0. The largest absolute Gasteiger partial charge is 0.361 e. The van der Waals surface area contributed by atoms with E-state index in [4.69, 9.17) is 0 Å². The maximum absolute atomic E-state index is 3.63. The van der Waals surface area contributed by atoms with Crippen LogP contribution in [0.2, 0.25) is 0 Å². The molecule has 6 unspecified atom stereocenters. The van der Waals surface area contributed by atoms with E-state index in [-0.39, 0.29) is 0 Å². The summed E-state index contributed by atoms with van der Waals surface area (Å²) in [6.45, 7) is 10.8. The lowest BCUT2D eigenvalue weighted by molar-refractivity contribution is -0.0794. The Morgan fingerprint density at radius 3 is 1.51 bits per heavy atom. The smallest absolute Gasteiger partial charge is 0.0448 e. The van der Waals surface area contributed by atoms with Crippen molar-refractivity contribution >= 4 is 36.0 Å². The van der Waals surface area contributed by atoms with Gasteiger partial charge < -0.3 is 9.97 Å². The lowest BCUT2D eigenvalue weighted by Gasteiger charge is -2.67. The lowest BCUT2D eigenvalue weighted by Crippen LogP contribution is -2.57. The third-order valence-corrected chi connectivity index (χ3v) is 20.4. The molecule has 0 saturated heterocycles. The molecule has 0 spiro atoms. The third kappa shape index (κ3) is 5.39. The summed E-state index contributed by atoms with van der Waals surface area (Å²) in [6, 6.07) is 18.9. The Bertz CT molecular complexity index is 1430. The molecule has 5 heteroatoms. The summed E-state index contributed by atoms with van der Waals surface area (Å²) >= 11 is 0. The molecule has 8 bridgehead atoms. The van der Waals surface area contributed by atoms with E-state index >= 15 is 0 Å². The number of hydrogen-bond acceptors (Lipinski definition) is 0. The van der Waals surface area contributed by atoms with E-state index in [0.29, 0.717) is 32.0 Å². The van der Waals surface area contributed by atoms with Gasteiger partial charge in [0.05, 0.1) is 0 Å². The van der Waals surface area contributed by atoms with Gasteiger partial charge in [-0.3, -0.25) is 0 Å². The summed E-state index contributed by atoms with van der Waals surface area (Å²) in [7, 11) is 1.68. The minimum Gasteiger partial charge on any atom is -0.361 e. The van der Waals surface area contributed by atoms with Crippen molar-refractivity contribution in [3.05, 3.63) is 72.1 Å². The molecule has 2 nitrogen and oxygen atoms in total. The second-order valence-electron chi connectivity index (χ2n) is 18.9. The van der Waals surface area contributed by atoms with Crippen LogP contribution < -0.4 is 10.9 Å². The predicted octanol–water partition coefficient (Wildman–Crippen LogP) is 10.8. The van der Waals surface area contributed by atoms with Gasteiger partial charge in [-0.1, -0.05) is 52.0 Å². The van der Waals surface area contributed by atoms with Gasteiger partial charge in [-0.2, -0.15) is 0 Å². The molecule has 0 radical (unpaired) electrons. The average molecular weight is 657 g/mol. The standard InChI is InChI=1S/C40H55N2P3/c1-35-15-28-16-36(2,22-35)25-39(19-28,24-35)43-34(44-40-20-29-17-37(3,26-40)23-38(4,18-29)27-40)31-10-6-5-9-30(31)21-45(32-11-7-13-41-32)33-12-8-14-42-33/h5-14,28-29,34,41-44H,15-27H2,1-4H3. The first kappa shape index (κ1) is 30.2. The van der Waals surface area contributed by atoms with Crippen LogP contribution in [0.25, 0.3) is 0 Å². The zero-order valence-electron chi connectivity index (χ0n) is 28.1. The summed E-state index contributed by atoms with van der Waals surface area (Å²) in [5.41, 5.74) is 8.54. The second kappa shape index (κ2) is 10.3. The monoisotopic (exact) mass is 656 g/mol. The Balaban J connectivity index is 1.11. The van der Waals surface area contributed by atoms with Crippen LogP contribution >= 0.6 is 25.1 Å². The zero-order chi connectivity index (χ0) is 30.7. The molecule has 2 heterocycles. The first-order valence-corrected chi connectivity index (χ1v) is 21.8. The summed E-state index contributed by atoms with van der Waals surface area (Å²) in [4.78, 5) is 7.26. The van der Waals surface area contributed by atoms with Gasteiger partial charge in [0.25, 0.3) is 0 Å². The van der Waals surface area contributed by atoms with Crippen LogP contribution in [0.5, 0.6) is 0 Å². The summed E-state index contributed by atoms with van der Waals surface area (Å²) < 4.78 is 0. The van der Waals surface area contributed by atoms with Crippen molar-refractivity contribution in [2.45, 2.75) is 127 Å². The van der Waals surface area contributed by atoms with Gasteiger partial charge in [0, 0.05) is 34.8 Å². The highest BCUT2D eigenvalue weighted by molar-refractivity contribution is 7.71. The molecular formula is C40H55N2P3. The molecule has 0 aliphatic heterocycles. The number of benzene rings is 1. The normalized spacial score (nSPS) is 43.9. The molecule has 8 fully saturated rings. The average Bonchev–Trinajstić information content (AvgIpc) is 3.62. The van der Waals surface area contributed by atoms with Crippen molar-refractivity contribution in [1.82, 2.24) is 9.97 Å². The van der Waals surface area contributed by atoms with Crippen molar-refractivity contribution < 1.29 is 0 Å². The molecule has 2 N–H and O–H groups in total. The molecule has 3 aromatic rings. The summed E-state index contributed by atoms with van der Waals surface area (Å²) in [5, 5.41) is 1.89. The summed E-state index contributed by atoms with van der Waals surface area (Å²) in [5.74, 6) is 1.96. The predicted molar refractivity (Wildman–Crippen MR) is 198 cm³/mol. The van der Waals surface area contributed by atoms with E-state index in [2.05, 4.69) is 98.6 Å². The van der Waals surface area contributed by atoms with Gasteiger partial charge in [-0.25, -0.2) is 0 Å². The Kier molecular flexibility index (Phi) is 6.89. The molecule has 8 saturated carbocycles. The van der Waals surface area contributed by atoms with E-state index in [1.807, 2.05) is 0 Å². The number of nitrogens with one attached hydrogen (secondary N) is 2. The topological polar surface area (TPSA) is 31.6 Å². The van der Waals surface area contributed by atoms with Crippen LogP contribution in [0.15, 0.2) is 60.9 Å². The quantitative estimate of drug-likeness (QED) is 0.215. The van der Waals surface area contributed by atoms with Crippen LogP contribution in [0.3, 0.4) is 0 Å². The fraction of sp³-hybridized carbons (Fsp3) is 0.650. The van der Waals surface area contributed by atoms with Crippen molar-refractivity contribution in [2.24, 2.45) is 33.5 Å². The van der Waals surface area contributed by atoms with Gasteiger partial charge in [0.15, 0.2) is 0 Å². The van der Waals surface area contributed by atoms with Gasteiger partial charge >= 0.3 is 0 Å². The van der Waals surface area contributed by atoms with Crippen molar-refractivity contribution in [2.75, 3.05) is 0 Å². The fourth-order valence-corrected chi connectivity index (χ4v) is 23.8. The molecule has 8 aliphatic rings. The second-order valence-corrected chi connectivity index (χ2v) is 25.5. The molecular weight excluding hydrogens is 601 g/mol. The highest BCUT2D eigenvalue weighted by Gasteiger charge is 2.63. The summed E-state index contributed by atoms with van der Waals surface area (Å²) in [6.07, 6.45) is 23.5. The first-order valence-electron chi connectivity index (χ1n) is 18.1. The maximum atomic E-state index is 3.63. The molecule has 0 amide bonds. The third-order valence-electron chi connectivity index (χ3n) is 13.6. The Morgan fingerprint density at radius 2 is 1.09 bits per heavy atom. The molecule has 45 heavy (non-hydrogen) atoms. The number of aromatic nitrogens is 2. The van der Waals surface area contributed by atoms with E-state index < -0.39 is 7.92 Å². The number of rotatable bonds is 9. The van der Waals surface area contributed by atoms with Crippen molar-refractivity contribution in [3.63, 3.8) is 0 Å². The van der Waals surface area contributed by atoms with Gasteiger partial charge in [0.1, 0.15) is 0 Å². The molecule has 6 atom stereocenters. The minimum atomic E-state index is -0.496. The van der Waals surface area contributed by atoms with Crippen molar-refractivity contribution in [1.29, 1.82) is 0 Å². The minimum absolute atomic E-state index is 0.496. The van der Waals surface area contributed by atoms with Crippen LogP contribution in [0.4, 0.5) is 0 Å². The van der Waals surface area contributed by atoms with E-state index in [1.165, 1.54) is 87.9 Å². The highest BCUT2D eigenvalue weighted by Crippen LogP contribution is 2.78. The molecule has 11 rings (SSSR count). The molecule has 1 aromatic carbocycles. The van der Waals surface area contributed by atoms with Gasteiger partial charge in [-0.05, 0) is 164 Å². The van der Waals surface area contributed by atoms with Gasteiger partial charge in [-0.15, -0.1) is 17.2 Å². The van der Waals surface area contributed by atoms with Crippen LogP contribution in [-0.4, -0.2) is 20.3 Å². The number of aromatic amines is 2. The van der Waals surface area contributed by atoms with Gasteiger partial charge in [0.2, 0.25) is 0 Å². The van der Waals surface area contributed by atoms with Crippen LogP contribution in [0, 0.1) is 33.5 Å². The Labute approximate surface area is 277 Å². The van der Waals surface area contributed by atoms with Crippen LogP contribution in [0.1, 0.15) is 121 Å². The highest BCUT2D eigenvalue weighted by atomic mass is 31.1. The number of hydrogen-bond donors (Lipinski definition) is 2. The van der Waals surface area contributed by atoms with E-state index in [0.717, 1.165) is 40.6 Å². The Morgan fingerprint density at radius 1 is 0.622 bits per heavy atom. The molecule has 2 aromatic heterocycles. The first-order chi connectivity index (χ1) is 21.4. The maximum Gasteiger partial charge on any atom is 0.0448 e.